The Labute approximate surface area is 215 Å². The highest BCUT2D eigenvalue weighted by Crippen LogP contribution is 2.45. The van der Waals surface area contributed by atoms with E-state index in [4.69, 9.17) is 9.47 Å². The van der Waals surface area contributed by atoms with E-state index in [1.807, 2.05) is 62.4 Å². The third-order valence-corrected chi connectivity index (χ3v) is 6.89. The summed E-state index contributed by atoms with van der Waals surface area (Å²) in [5.74, 6) is -0.444. The average Bonchev–Trinajstić information content (AvgIpc) is 3.18. The Morgan fingerprint density at radius 3 is 2.32 bits per heavy atom. The number of hydrogen-bond donors (Lipinski definition) is 1. The van der Waals surface area contributed by atoms with Crippen molar-refractivity contribution in [3.8, 4) is 11.5 Å². The van der Waals surface area contributed by atoms with Gasteiger partial charge in [0, 0.05) is 17.3 Å². The van der Waals surface area contributed by atoms with Crippen molar-refractivity contribution in [2.45, 2.75) is 19.9 Å². The van der Waals surface area contributed by atoms with Crippen LogP contribution in [0, 0.1) is 13.8 Å². The smallest absolute Gasteiger partial charge is 0.300 e. The second-order valence-corrected chi connectivity index (χ2v) is 9.08. The second kappa shape index (κ2) is 9.47. The van der Waals surface area contributed by atoms with Gasteiger partial charge in [-0.2, -0.15) is 0 Å². The average molecular weight is 494 g/mol. The highest BCUT2D eigenvalue weighted by Gasteiger charge is 2.47. The lowest BCUT2D eigenvalue weighted by atomic mass is 9.90. The molecule has 37 heavy (non-hydrogen) atoms. The van der Waals surface area contributed by atoms with Gasteiger partial charge in [0.25, 0.3) is 11.7 Å². The van der Waals surface area contributed by atoms with Gasteiger partial charge in [0.1, 0.15) is 17.3 Å². The Morgan fingerprint density at radius 2 is 1.57 bits per heavy atom. The minimum Gasteiger partial charge on any atom is -0.507 e. The molecule has 1 aliphatic heterocycles. The highest BCUT2D eigenvalue weighted by atomic mass is 16.5. The molecule has 6 nitrogen and oxygen atoms in total. The van der Waals surface area contributed by atoms with Gasteiger partial charge in [0.2, 0.25) is 0 Å². The molecule has 1 N–H and O–H groups in total. The lowest BCUT2D eigenvalue weighted by Gasteiger charge is -2.27. The van der Waals surface area contributed by atoms with Gasteiger partial charge < -0.3 is 14.6 Å². The van der Waals surface area contributed by atoms with Crippen molar-refractivity contribution in [3.05, 3.63) is 107 Å². The van der Waals surface area contributed by atoms with Crippen molar-refractivity contribution < 1.29 is 24.2 Å². The van der Waals surface area contributed by atoms with Gasteiger partial charge in [-0.1, -0.05) is 48.5 Å². The third kappa shape index (κ3) is 4.00. The number of benzene rings is 4. The molecular formula is C31H27NO5. The zero-order valence-corrected chi connectivity index (χ0v) is 21.1. The first-order chi connectivity index (χ1) is 17.8. The summed E-state index contributed by atoms with van der Waals surface area (Å²) in [6.07, 6.45) is 0. The summed E-state index contributed by atoms with van der Waals surface area (Å²) in [7, 11) is 3.13. The number of Topliss-reactive ketones (excluding diaryl/α,β-unsaturated/α-hetero) is 1. The molecule has 0 aliphatic carbocycles. The molecule has 0 spiro atoms. The van der Waals surface area contributed by atoms with E-state index in [9.17, 15) is 14.7 Å². The maximum Gasteiger partial charge on any atom is 0.300 e. The second-order valence-electron chi connectivity index (χ2n) is 9.08. The van der Waals surface area contributed by atoms with Gasteiger partial charge in [0.15, 0.2) is 0 Å². The van der Waals surface area contributed by atoms with E-state index < -0.39 is 17.7 Å². The summed E-state index contributed by atoms with van der Waals surface area (Å²) >= 11 is 0. The Bertz CT molecular complexity index is 1580. The monoisotopic (exact) mass is 493 g/mol. The number of aliphatic hydroxyl groups is 1. The molecule has 1 amide bonds. The van der Waals surface area contributed by atoms with E-state index in [1.165, 1.54) is 4.90 Å². The van der Waals surface area contributed by atoms with Gasteiger partial charge in [-0.25, -0.2) is 0 Å². The fourth-order valence-corrected chi connectivity index (χ4v) is 5.05. The van der Waals surface area contributed by atoms with Crippen molar-refractivity contribution in [2.75, 3.05) is 19.1 Å². The summed E-state index contributed by atoms with van der Waals surface area (Å²) in [6, 6.07) is 23.3. The number of methoxy groups -OCH3 is 2. The van der Waals surface area contributed by atoms with E-state index in [2.05, 4.69) is 0 Å². The molecule has 0 aromatic heterocycles. The Morgan fingerprint density at radius 1 is 0.838 bits per heavy atom. The van der Waals surface area contributed by atoms with Crippen molar-refractivity contribution in [2.24, 2.45) is 0 Å². The van der Waals surface area contributed by atoms with Crippen LogP contribution in [-0.4, -0.2) is 31.0 Å². The van der Waals surface area contributed by atoms with E-state index in [0.717, 1.165) is 27.5 Å². The van der Waals surface area contributed by atoms with Crippen molar-refractivity contribution >= 4 is 33.9 Å². The molecule has 0 saturated carbocycles. The Hall–Kier alpha value is -4.58. The number of carbonyl (C=O) groups is 2. The number of hydrogen-bond acceptors (Lipinski definition) is 5. The Balaban J connectivity index is 1.82. The highest BCUT2D eigenvalue weighted by molar-refractivity contribution is 6.52. The summed E-state index contributed by atoms with van der Waals surface area (Å²) in [6.45, 7) is 3.70. The molecule has 0 radical (unpaired) electrons. The van der Waals surface area contributed by atoms with Crippen LogP contribution in [0.25, 0.3) is 16.5 Å². The van der Waals surface area contributed by atoms with Crippen LogP contribution in [-0.2, 0) is 9.59 Å². The molecule has 4 aromatic carbocycles. The number of anilines is 1. The van der Waals surface area contributed by atoms with Crippen LogP contribution in [0.5, 0.6) is 11.5 Å². The summed E-state index contributed by atoms with van der Waals surface area (Å²) in [4.78, 5) is 28.7. The predicted molar refractivity (Wildman–Crippen MR) is 144 cm³/mol. The number of rotatable bonds is 5. The van der Waals surface area contributed by atoms with Crippen LogP contribution in [0.1, 0.15) is 28.3 Å². The molecule has 1 atom stereocenters. The van der Waals surface area contributed by atoms with Crippen LogP contribution in [0.3, 0.4) is 0 Å². The van der Waals surface area contributed by atoms with Crippen LogP contribution in [0.2, 0.25) is 0 Å². The largest absolute Gasteiger partial charge is 0.507 e. The molecule has 1 saturated heterocycles. The third-order valence-electron chi connectivity index (χ3n) is 6.89. The van der Waals surface area contributed by atoms with Gasteiger partial charge in [-0.3, -0.25) is 14.5 Å². The summed E-state index contributed by atoms with van der Waals surface area (Å²) < 4.78 is 10.8. The molecule has 1 unspecified atom stereocenters. The number of nitrogens with zero attached hydrogens (tertiary/aromatic N) is 1. The topological polar surface area (TPSA) is 76.1 Å². The van der Waals surface area contributed by atoms with Crippen LogP contribution in [0.4, 0.5) is 5.69 Å². The molecule has 1 heterocycles. The standard InChI is InChI=1S/C31H27NO5/c1-18-16-26(37-4)19(2)15-25(18)29(33)27-28(24-14-7-10-20-9-5-6-13-23(20)24)32(31(35)30(27)34)21-11-8-12-22(17-21)36-3/h5-17,28,33H,1-4H3/b29-27+. The van der Waals surface area contributed by atoms with Gasteiger partial charge >= 0.3 is 0 Å². The minimum atomic E-state index is -0.847. The van der Waals surface area contributed by atoms with Crippen LogP contribution < -0.4 is 14.4 Å². The quantitative estimate of drug-likeness (QED) is 0.207. The van der Waals surface area contributed by atoms with Gasteiger partial charge in [-0.15, -0.1) is 0 Å². The molecule has 5 rings (SSSR count). The first-order valence-electron chi connectivity index (χ1n) is 11.9. The fourth-order valence-electron chi connectivity index (χ4n) is 5.05. The number of carbonyl (C=O) groups excluding carboxylic acids is 2. The lowest BCUT2D eigenvalue weighted by Crippen LogP contribution is -2.29. The normalized spacial score (nSPS) is 16.9. The summed E-state index contributed by atoms with van der Waals surface area (Å²) in [5.41, 5.74) is 3.29. The minimum absolute atomic E-state index is 0.0387. The van der Waals surface area contributed by atoms with E-state index >= 15 is 0 Å². The van der Waals surface area contributed by atoms with Crippen LogP contribution >= 0.6 is 0 Å². The summed E-state index contributed by atoms with van der Waals surface area (Å²) in [5, 5.41) is 13.5. The number of ketones is 1. The molecule has 0 bridgehead atoms. The van der Waals surface area contributed by atoms with Crippen molar-refractivity contribution in [1.29, 1.82) is 0 Å². The SMILES string of the molecule is COc1cccc(N2C(=O)C(=O)/C(=C(/O)c3cc(C)c(OC)cc3C)C2c2cccc3ccccc23)c1. The molecular weight excluding hydrogens is 466 g/mol. The first-order valence-corrected chi connectivity index (χ1v) is 11.9. The fraction of sp³-hybridized carbons (Fsp3) is 0.161. The molecule has 1 aliphatic rings. The maximum absolute atomic E-state index is 13.6. The van der Waals surface area contributed by atoms with Crippen molar-refractivity contribution in [1.82, 2.24) is 0 Å². The maximum atomic E-state index is 13.6. The molecule has 186 valence electrons. The molecule has 6 heteroatoms. The number of ether oxygens (including phenoxy) is 2. The Kier molecular flexibility index (Phi) is 6.17. The zero-order valence-electron chi connectivity index (χ0n) is 21.1. The number of fused-ring (bicyclic) bond motifs is 1. The molecule has 1 fully saturated rings. The predicted octanol–water partition coefficient (Wildman–Crippen LogP) is 6.10. The van der Waals surface area contributed by atoms with E-state index in [0.29, 0.717) is 22.7 Å². The van der Waals surface area contributed by atoms with Crippen LogP contribution in [0.15, 0.2) is 84.4 Å². The number of aryl methyl sites for hydroxylation is 2. The number of amides is 1. The van der Waals surface area contributed by atoms with Crippen molar-refractivity contribution in [3.63, 3.8) is 0 Å². The van der Waals surface area contributed by atoms with Gasteiger partial charge in [0.05, 0.1) is 25.8 Å². The molecule has 4 aromatic rings. The van der Waals surface area contributed by atoms with E-state index in [-0.39, 0.29) is 11.3 Å². The zero-order chi connectivity index (χ0) is 26.3. The van der Waals surface area contributed by atoms with Gasteiger partial charge in [-0.05, 0) is 65.6 Å². The first kappa shape index (κ1) is 24.1. The lowest BCUT2D eigenvalue weighted by molar-refractivity contribution is -0.132. The number of aliphatic hydroxyl groups excluding tert-OH is 1. The van der Waals surface area contributed by atoms with E-state index in [1.54, 1.807) is 44.6 Å².